The number of hydrogen-bond acceptors (Lipinski definition) is 3. The minimum absolute atomic E-state index is 0.259. The van der Waals surface area contributed by atoms with Crippen LogP contribution in [0.15, 0.2) is 36.4 Å². The number of carbonyl (C=O) groups excluding carboxylic acids is 1. The minimum atomic E-state index is 0.259. The van der Waals surface area contributed by atoms with Gasteiger partial charge in [-0.2, -0.15) is 0 Å². The van der Waals surface area contributed by atoms with Gasteiger partial charge in [-0.05, 0) is 44.7 Å². The average Bonchev–Trinajstić information content (AvgIpc) is 2.96. The quantitative estimate of drug-likeness (QED) is 0.703. The third-order valence-electron chi connectivity index (χ3n) is 5.86. The fraction of sp³-hybridized carbons (Fsp3) is 0.542. The van der Waals surface area contributed by atoms with Crippen molar-refractivity contribution in [2.75, 3.05) is 19.6 Å². The Hall–Kier alpha value is -1.91. The van der Waals surface area contributed by atoms with Crippen molar-refractivity contribution in [3.63, 3.8) is 0 Å². The molecule has 1 saturated heterocycles. The van der Waals surface area contributed by atoms with Crippen LogP contribution in [0.25, 0.3) is 0 Å². The summed E-state index contributed by atoms with van der Waals surface area (Å²) < 4.78 is 2.29. The summed E-state index contributed by atoms with van der Waals surface area (Å²) >= 11 is 0. The van der Waals surface area contributed by atoms with Gasteiger partial charge < -0.3 is 9.88 Å². The van der Waals surface area contributed by atoms with Crippen molar-refractivity contribution >= 4 is 5.78 Å². The molecule has 152 valence electrons. The second-order valence-electron chi connectivity index (χ2n) is 8.47. The SMILES string of the molecule is Cc1cc(C(=O)CN2CCC(NC(C)C)CC2)c(C)n1CCc1ccccc1. The van der Waals surface area contributed by atoms with Gasteiger partial charge in [-0.25, -0.2) is 0 Å². The van der Waals surface area contributed by atoms with Crippen molar-refractivity contribution in [2.24, 2.45) is 0 Å². The van der Waals surface area contributed by atoms with Gasteiger partial charge in [0.05, 0.1) is 6.54 Å². The van der Waals surface area contributed by atoms with Gasteiger partial charge in [-0.1, -0.05) is 44.2 Å². The molecule has 0 aliphatic carbocycles. The zero-order chi connectivity index (χ0) is 20.1. The first-order chi connectivity index (χ1) is 13.4. The summed E-state index contributed by atoms with van der Waals surface area (Å²) in [7, 11) is 0. The molecule has 0 saturated carbocycles. The maximum absolute atomic E-state index is 13.0. The van der Waals surface area contributed by atoms with E-state index in [0.29, 0.717) is 18.6 Å². The Morgan fingerprint density at radius 1 is 1.14 bits per heavy atom. The van der Waals surface area contributed by atoms with E-state index in [-0.39, 0.29) is 5.78 Å². The average molecular weight is 382 g/mol. The van der Waals surface area contributed by atoms with E-state index in [4.69, 9.17) is 0 Å². The molecule has 0 bridgehead atoms. The summed E-state index contributed by atoms with van der Waals surface area (Å²) in [6, 6.07) is 13.7. The van der Waals surface area contributed by atoms with E-state index in [1.165, 1.54) is 11.3 Å². The first kappa shape index (κ1) is 20.8. The highest BCUT2D eigenvalue weighted by Gasteiger charge is 2.23. The molecule has 28 heavy (non-hydrogen) atoms. The van der Waals surface area contributed by atoms with Crippen molar-refractivity contribution in [3.05, 3.63) is 58.9 Å². The third-order valence-corrected chi connectivity index (χ3v) is 5.86. The summed E-state index contributed by atoms with van der Waals surface area (Å²) in [6.45, 7) is 12.1. The highest BCUT2D eigenvalue weighted by atomic mass is 16.1. The van der Waals surface area contributed by atoms with Crippen LogP contribution < -0.4 is 5.32 Å². The summed E-state index contributed by atoms with van der Waals surface area (Å²) in [5.41, 5.74) is 4.51. The number of piperidine rings is 1. The topological polar surface area (TPSA) is 37.3 Å². The molecule has 1 fully saturated rings. The van der Waals surface area contributed by atoms with Crippen LogP contribution in [0.1, 0.15) is 54.0 Å². The first-order valence-corrected chi connectivity index (χ1v) is 10.7. The molecule has 3 rings (SSSR count). The molecule has 0 atom stereocenters. The molecule has 0 radical (unpaired) electrons. The lowest BCUT2D eigenvalue weighted by Gasteiger charge is -2.33. The van der Waals surface area contributed by atoms with E-state index in [2.05, 4.69) is 72.8 Å². The molecule has 2 aromatic rings. The predicted molar refractivity (Wildman–Crippen MR) is 116 cm³/mol. The number of rotatable bonds is 8. The summed E-state index contributed by atoms with van der Waals surface area (Å²) in [5.74, 6) is 0.259. The van der Waals surface area contributed by atoms with Gasteiger partial charge in [0.25, 0.3) is 0 Å². The molecule has 0 amide bonds. The smallest absolute Gasteiger partial charge is 0.178 e. The molecule has 1 N–H and O–H groups in total. The molecule has 1 aromatic carbocycles. The van der Waals surface area contributed by atoms with Gasteiger partial charge in [0.15, 0.2) is 5.78 Å². The number of nitrogens with zero attached hydrogens (tertiary/aromatic N) is 2. The maximum Gasteiger partial charge on any atom is 0.178 e. The number of hydrogen-bond donors (Lipinski definition) is 1. The van der Waals surface area contributed by atoms with Crippen LogP contribution >= 0.6 is 0 Å². The van der Waals surface area contributed by atoms with Crippen molar-refractivity contribution in [3.8, 4) is 0 Å². The minimum Gasteiger partial charge on any atom is -0.348 e. The van der Waals surface area contributed by atoms with E-state index in [1.807, 2.05) is 6.07 Å². The summed E-state index contributed by atoms with van der Waals surface area (Å²) in [6.07, 6.45) is 3.24. The van der Waals surface area contributed by atoms with Gasteiger partial charge in [-0.3, -0.25) is 9.69 Å². The predicted octanol–water partition coefficient (Wildman–Crippen LogP) is 3.99. The first-order valence-electron chi connectivity index (χ1n) is 10.7. The maximum atomic E-state index is 13.0. The highest BCUT2D eigenvalue weighted by Crippen LogP contribution is 2.19. The molecule has 4 nitrogen and oxygen atoms in total. The Morgan fingerprint density at radius 3 is 2.46 bits per heavy atom. The van der Waals surface area contributed by atoms with Crippen molar-refractivity contribution in [2.45, 2.75) is 65.6 Å². The van der Waals surface area contributed by atoms with E-state index >= 15 is 0 Å². The van der Waals surface area contributed by atoms with E-state index in [1.54, 1.807) is 0 Å². The molecule has 4 heteroatoms. The van der Waals surface area contributed by atoms with Crippen LogP contribution in [-0.4, -0.2) is 47.0 Å². The van der Waals surface area contributed by atoms with Gasteiger partial charge in [0.2, 0.25) is 0 Å². The van der Waals surface area contributed by atoms with Crippen LogP contribution in [-0.2, 0) is 13.0 Å². The zero-order valence-electron chi connectivity index (χ0n) is 17.9. The van der Waals surface area contributed by atoms with Crippen LogP contribution in [0.2, 0.25) is 0 Å². The second-order valence-corrected chi connectivity index (χ2v) is 8.47. The van der Waals surface area contributed by atoms with Gasteiger partial charge in [0.1, 0.15) is 0 Å². The number of Topliss-reactive ketones (excluding diaryl/α,β-unsaturated/α-hetero) is 1. The van der Waals surface area contributed by atoms with Crippen LogP contribution in [0, 0.1) is 13.8 Å². The third kappa shape index (κ3) is 5.33. The lowest BCUT2D eigenvalue weighted by Crippen LogP contribution is -2.46. The summed E-state index contributed by atoms with van der Waals surface area (Å²) in [5, 5.41) is 3.62. The van der Waals surface area contributed by atoms with Crippen molar-refractivity contribution < 1.29 is 4.79 Å². The Balaban J connectivity index is 1.57. The Kier molecular flexibility index (Phi) is 7.08. The number of benzene rings is 1. The van der Waals surface area contributed by atoms with Crippen LogP contribution in [0.4, 0.5) is 0 Å². The van der Waals surface area contributed by atoms with E-state index < -0.39 is 0 Å². The molecular weight excluding hydrogens is 346 g/mol. The zero-order valence-corrected chi connectivity index (χ0v) is 17.9. The monoisotopic (exact) mass is 381 g/mol. The van der Waals surface area contributed by atoms with Gasteiger partial charge in [-0.15, -0.1) is 0 Å². The Labute approximate surface area is 169 Å². The molecule has 0 unspecified atom stereocenters. The molecule has 1 aliphatic heterocycles. The van der Waals surface area contributed by atoms with Crippen LogP contribution in [0.3, 0.4) is 0 Å². The van der Waals surface area contributed by atoms with Crippen molar-refractivity contribution in [1.82, 2.24) is 14.8 Å². The fourth-order valence-corrected chi connectivity index (χ4v) is 4.33. The van der Waals surface area contributed by atoms with Gasteiger partial charge >= 0.3 is 0 Å². The standard InChI is InChI=1S/C24H35N3O/c1-18(2)25-22-11-13-26(14-12-22)17-24(28)23-16-19(3)27(20(23)4)15-10-21-8-6-5-7-9-21/h5-9,16,18,22,25H,10-15,17H2,1-4H3. The second kappa shape index (κ2) is 9.53. The largest absolute Gasteiger partial charge is 0.348 e. The Morgan fingerprint density at radius 2 is 1.82 bits per heavy atom. The number of aromatic nitrogens is 1. The van der Waals surface area contributed by atoms with Gasteiger partial charge in [0, 0.05) is 48.7 Å². The molecule has 0 spiro atoms. The molecular formula is C24H35N3O. The van der Waals surface area contributed by atoms with E-state index in [0.717, 1.165) is 50.2 Å². The lowest BCUT2D eigenvalue weighted by molar-refractivity contribution is 0.0902. The fourth-order valence-electron chi connectivity index (χ4n) is 4.33. The number of carbonyl (C=O) groups is 1. The highest BCUT2D eigenvalue weighted by molar-refractivity contribution is 5.99. The number of ketones is 1. The Bertz CT molecular complexity index is 771. The summed E-state index contributed by atoms with van der Waals surface area (Å²) in [4.78, 5) is 15.3. The number of nitrogens with one attached hydrogen (secondary N) is 1. The molecule has 1 aliphatic rings. The molecule has 1 aromatic heterocycles. The van der Waals surface area contributed by atoms with E-state index in [9.17, 15) is 4.79 Å². The van der Waals surface area contributed by atoms with Crippen LogP contribution in [0.5, 0.6) is 0 Å². The number of aryl methyl sites for hydroxylation is 2. The molecule has 2 heterocycles. The lowest BCUT2D eigenvalue weighted by atomic mass is 10.0. The normalized spacial score (nSPS) is 16.0. The van der Waals surface area contributed by atoms with Crippen molar-refractivity contribution in [1.29, 1.82) is 0 Å². The number of likely N-dealkylation sites (tertiary alicyclic amines) is 1.